The first-order valence-corrected chi connectivity index (χ1v) is 36.9. The fraction of sp³-hybridized carbons (Fsp3) is 0.250. The quantitative estimate of drug-likeness (QED) is 0.0560. The standard InChI is InChI=1S/C26H21ClN6O.C21H17BrClN5O.C5H4N.3C4H9.Sn/c1-16(31-24-19(15-30-26(28)32-24)21-12-5-6-13-29-21)22-14-17-8-7-11-20(27)23(17)25(34)33(22)18-9-3-2-4-10-18;1-12(26-19-15(22)11-25-21(24)27-19)17-10-13-6-5-9-16(23)18(13)20(29)28(17)14-7-3-2-4-8-14;1-2-4-6-5-3-1;3*1-3-4-2;/h2-16H,1H3,(H3,28,30,31,32);2-12H,1H3,(H3,24,25,26,27);1-4H;3*1,3-4H2,2H3;/t16-;12-;;;;;/m00...../s1. The van der Waals surface area contributed by atoms with Crippen LogP contribution in [0.3, 0.4) is 0 Å². The van der Waals surface area contributed by atoms with E-state index in [1.54, 1.807) is 43.6 Å². The fourth-order valence-corrected chi connectivity index (χ4v) is 26.5. The Morgan fingerprint density at radius 1 is 0.549 bits per heavy atom. The monoisotopic (exact) mass is 1310 g/mol. The van der Waals surface area contributed by atoms with Gasteiger partial charge in [-0.25, -0.2) is 9.97 Å². The number of anilines is 4. The average Bonchev–Trinajstić information content (AvgIpc) is 2.91. The van der Waals surface area contributed by atoms with Crippen LogP contribution in [0.1, 0.15) is 96.6 Å². The zero-order chi connectivity index (χ0) is 58.2. The minimum absolute atomic E-state index is 0.139. The van der Waals surface area contributed by atoms with Gasteiger partial charge in [0.1, 0.15) is 11.6 Å². The maximum atomic E-state index is 13.7. The van der Waals surface area contributed by atoms with Gasteiger partial charge in [0.05, 0.1) is 48.6 Å². The molecule has 0 saturated heterocycles. The van der Waals surface area contributed by atoms with Crippen molar-refractivity contribution in [3.05, 3.63) is 217 Å². The van der Waals surface area contributed by atoms with E-state index in [1.165, 1.54) is 51.8 Å². The van der Waals surface area contributed by atoms with Crippen LogP contribution in [0.4, 0.5) is 23.5 Å². The Morgan fingerprint density at radius 2 is 1.00 bits per heavy atom. The second-order valence-corrected chi connectivity index (χ2v) is 34.9. The first-order chi connectivity index (χ1) is 39.8. The average molecular weight is 1310 g/mol. The summed E-state index contributed by atoms with van der Waals surface area (Å²) in [4.78, 5) is 53.1. The molecule has 422 valence electrons. The van der Waals surface area contributed by atoms with Crippen LogP contribution in [0.5, 0.6) is 0 Å². The molecule has 0 radical (unpaired) electrons. The number of rotatable bonds is 19. The van der Waals surface area contributed by atoms with Gasteiger partial charge in [-0.1, -0.05) is 89.9 Å². The summed E-state index contributed by atoms with van der Waals surface area (Å²) >= 11 is 14.0. The Bertz CT molecular complexity index is 3820. The summed E-state index contributed by atoms with van der Waals surface area (Å²) in [5, 5.41) is 10.1. The summed E-state index contributed by atoms with van der Waals surface area (Å²) in [5.74, 6) is 1.37. The molecule has 0 aliphatic carbocycles. The summed E-state index contributed by atoms with van der Waals surface area (Å²) in [7, 11) is 0. The van der Waals surface area contributed by atoms with E-state index in [1.807, 2.05) is 135 Å². The van der Waals surface area contributed by atoms with E-state index in [9.17, 15) is 9.59 Å². The molecule has 10 rings (SSSR count). The Labute approximate surface area is 501 Å². The maximum absolute atomic E-state index is 13.7. The SMILES string of the molecule is CCC[CH2][Sn]([CH2]CCC)([CH2]CCC)[c]1ccccn1.C[C@H](Nc1nc(N)ncc1-c1ccccn1)c1cc2cccc(Cl)c2c(=O)n1-c1ccccc1.C[C@H](Nc1nc(N)ncc1Br)c1cc2cccc(Cl)c2c(=O)n1-c1ccccc1. The van der Waals surface area contributed by atoms with E-state index in [2.05, 4.69) is 90.5 Å². The number of nitrogen functional groups attached to an aromatic ring is 2. The molecule has 6 N–H and O–H groups in total. The third-order valence-corrected chi connectivity index (χ3v) is 30.8. The summed E-state index contributed by atoms with van der Waals surface area (Å²) in [5.41, 5.74) is 15.7. The molecule has 4 aromatic carbocycles. The van der Waals surface area contributed by atoms with Gasteiger partial charge in [0.15, 0.2) is 0 Å². The van der Waals surface area contributed by atoms with Crippen molar-refractivity contribution < 1.29 is 0 Å². The van der Waals surface area contributed by atoms with Crippen molar-refractivity contribution in [2.45, 2.75) is 98.5 Å². The van der Waals surface area contributed by atoms with Gasteiger partial charge in [0, 0.05) is 41.4 Å². The second kappa shape index (κ2) is 29.2. The maximum Gasteiger partial charge on any atom is 0.264 e. The zero-order valence-electron chi connectivity index (χ0n) is 46.9. The van der Waals surface area contributed by atoms with Crippen LogP contribution in [-0.4, -0.2) is 57.4 Å². The summed E-state index contributed by atoms with van der Waals surface area (Å²) in [6, 6.07) is 45.4. The third kappa shape index (κ3) is 14.7. The smallest absolute Gasteiger partial charge is 0.264 e. The van der Waals surface area contributed by atoms with Crippen molar-refractivity contribution in [2.75, 3.05) is 22.1 Å². The van der Waals surface area contributed by atoms with Crippen LogP contribution in [0.2, 0.25) is 23.4 Å². The van der Waals surface area contributed by atoms with Gasteiger partial charge in [-0.2, -0.15) is 9.97 Å². The van der Waals surface area contributed by atoms with Crippen molar-refractivity contribution in [1.29, 1.82) is 0 Å². The van der Waals surface area contributed by atoms with Gasteiger partial charge >= 0.3 is 124 Å². The number of hydrogen-bond acceptors (Lipinski definition) is 12. The Hall–Kier alpha value is -7.18. The largest absolute Gasteiger partial charge is 0.368 e. The summed E-state index contributed by atoms with van der Waals surface area (Å²) < 4.78 is 10.1. The second-order valence-electron chi connectivity index (χ2n) is 20.2. The topological polar surface area (TPSA) is 197 Å². The molecule has 0 aliphatic heterocycles. The molecule has 0 bridgehead atoms. The van der Waals surface area contributed by atoms with Crippen molar-refractivity contribution in [3.8, 4) is 22.6 Å². The van der Waals surface area contributed by atoms with Gasteiger partial charge in [-0.15, -0.1) is 0 Å². The molecule has 18 heteroatoms. The molecule has 0 aliphatic rings. The number of benzene rings is 4. The van der Waals surface area contributed by atoms with Crippen molar-refractivity contribution in [3.63, 3.8) is 0 Å². The molecule has 0 spiro atoms. The van der Waals surface area contributed by atoms with E-state index in [0.29, 0.717) is 48.2 Å². The minimum atomic E-state index is -2.21. The molecule has 0 unspecified atom stereocenters. The van der Waals surface area contributed by atoms with E-state index >= 15 is 0 Å². The Kier molecular flexibility index (Phi) is 21.7. The minimum Gasteiger partial charge on any atom is -0.368 e. The number of para-hydroxylation sites is 2. The van der Waals surface area contributed by atoms with Crippen LogP contribution >= 0.6 is 39.1 Å². The van der Waals surface area contributed by atoms with Gasteiger partial charge in [-0.3, -0.25) is 23.7 Å². The van der Waals surface area contributed by atoms with E-state index in [4.69, 9.17) is 39.7 Å². The van der Waals surface area contributed by atoms with Gasteiger partial charge < -0.3 is 22.1 Å². The predicted octanol–water partition coefficient (Wildman–Crippen LogP) is 15.3. The van der Waals surface area contributed by atoms with E-state index in [-0.39, 0.29) is 35.1 Å². The van der Waals surface area contributed by atoms with Gasteiger partial charge in [0.25, 0.3) is 11.1 Å². The molecule has 82 heavy (non-hydrogen) atoms. The number of aromatic nitrogens is 8. The molecule has 10 aromatic rings. The fourth-order valence-electron chi connectivity index (χ4n) is 10.2. The number of unbranched alkanes of at least 4 members (excludes halogenated alkanes) is 3. The molecule has 0 amide bonds. The third-order valence-electron chi connectivity index (χ3n) is 14.4. The predicted molar refractivity (Wildman–Crippen MR) is 346 cm³/mol. The van der Waals surface area contributed by atoms with Gasteiger partial charge in [0.2, 0.25) is 11.9 Å². The van der Waals surface area contributed by atoms with Crippen LogP contribution in [0, 0.1) is 0 Å². The molecule has 6 heterocycles. The van der Waals surface area contributed by atoms with Gasteiger partial charge in [-0.05, 0) is 101 Å². The summed E-state index contributed by atoms with van der Waals surface area (Å²) in [6.07, 6.45) is 15.2. The summed E-state index contributed by atoms with van der Waals surface area (Å²) in [6.45, 7) is 10.9. The van der Waals surface area contributed by atoms with Crippen LogP contribution in [0.25, 0.3) is 44.2 Å². The Morgan fingerprint density at radius 3 is 1.46 bits per heavy atom. The first-order valence-electron chi connectivity index (χ1n) is 27.8. The van der Waals surface area contributed by atoms with E-state index < -0.39 is 18.4 Å². The molecular weight excluding hydrogens is 1240 g/mol. The van der Waals surface area contributed by atoms with E-state index in [0.717, 1.165) is 33.5 Å². The Balaban J connectivity index is 0.000000168. The van der Waals surface area contributed by atoms with Crippen molar-refractivity contribution in [2.24, 2.45) is 0 Å². The first kappa shape index (κ1) is 60.9. The number of fused-ring (bicyclic) bond motifs is 2. The van der Waals surface area contributed by atoms with Crippen LogP contribution in [0.15, 0.2) is 184 Å². The zero-order valence-corrected chi connectivity index (χ0v) is 52.8. The van der Waals surface area contributed by atoms with Crippen LogP contribution in [-0.2, 0) is 0 Å². The number of nitrogens with zero attached hydrogens (tertiary/aromatic N) is 8. The molecular formula is C64H69BrCl2N12O2Sn. The number of pyridine rings is 4. The molecule has 2 atom stereocenters. The van der Waals surface area contributed by atoms with Crippen molar-refractivity contribution >= 4 is 106 Å². The number of hydrogen-bond donors (Lipinski definition) is 4. The number of nitrogens with one attached hydrogen (secondary N) is 2. The molecule has 14 nitrogen and oxygen atoms in total. The number of nitrogens with two attached hydrogens (primary N) is 2. The normalized spacial score (nSPS) is 12.0. The van der Waals surface area contributed by atoms with Crippen LogP contribution < -0.4 is 36.9 Å². The molecule has 0 saturated carbocycles. The molecule has 6 aromatic heterocycles. The number of halogens is 3. The molecule has 0 fully saturated rings. The van der Waals surface area contributed by atoms with Crippen molar-refractivity contribution in [1.82, 2.24) is 39.0 Å².